The summed E-state index contributed by atoms with van der Waals surface area (Å²) < 4.78 is 211. The Labute approximate surface area is 688 Å². The minimum absolute atomic E-state index is 0.0398. The van der Waals surface area contributed by atoms with Crippen molar-refractivity contribution in [3.05, 3.63) is 315 Å². The standard InChI is InChI=1S/C18H15FO5S.C18H16O5S.C17H13FO5S.C17H14O6S.C16H11ClO5S/c1-3-23-15-6-4-5-12-10-16(18(20)24-17(12)15)25(21,22)13-7-8-14(19)11(2)9-13;1-11-6-12(2)8-15(7-11)24(20,21)17-9-13-4-5-14(22-3)10-16(13)23-18(17)19;1-10-8-12(6-7-13(10)18)24(20,21)15-9-11-4-3-5-14(22-2)16(11)23-17(15)19;1-21-12-4-3-5-14(9-12)24(19,20)16-8-11-6-7-13(22-2)10-15(11)23-17(16)18;1-21-13-7-2-4-10-8-14(16(18)22-15(10)13)23(19,20)12-6-3-5-11(17)9-12/h4-10H,3H2,1-2H3;4-10H,1-3H3;3-9H,1-2H3;3-10H,1-2H3;2-9H,1H3. The fourth-order valence-electron chi connectivity index (χ4n) is 11.9. The molecule has 0 bridgehead atoms. The average Bonchev–Trinajstić information content (AvgIpc) is 0.781. The van der Waals surface area contributed by atoms with E-state index in [0.29, 0.717) is 68.0 Å². The molecular weight excluding hydrogens is 1680 g/mol. The molecule has 0 radical (unpaired) electrons. The fourth-order valence-corrected chi connectivity index (χ4v) is 19.1. The molecule has 0 spiro atoms. The van der Waals surface area contributed by atoms with Crippen molar-refractivity contribution >= 4 is 116 Å². The van der Waals surface area contributed by atoms with E-state index in [4.69, 9.17) is 62.1 Å². The highest BCUT2D eigenvalue weighted by Crippen LogP contribution is 2.35. The van der Waals surface area contributed by atoms with Crippen molar-refractivity contribution in [1.82, 2.24) is 0 Å². The van der Waals surface area contributed by atoms with Crippen LogP contribution in [0.2, 0.25) is 5.02 Å². The van der Waals surface area contributed by atoms with Gasteiger partial charge in [0.1, 0.15) is 40.0 Å². The molecule has 5 aromatic heterocycles. The van der Waals surface area contributed by atoms with Crippen molar-refractivity contribution in [2.75, 3.05) is 42.2 Å². The van der Waals surface area contributed by atoms with E-state index in [1.54, 1.807) is 136 Å². The van der Waals surface area contributed by atoms with E-state index >= 15 is 0 Å². The molecule has 0 saturated carbocycles. The molecule has 5 heterocycles. The maximum Gasteiger partial charge on any atom is 0.355 e. The number of rotatable bonds is 17. The van der Waals surface area contributed by atoms with Gasteiger partial charge in [-0.3, -0.25) is 0 Å². The molecule has 0 aliphatic carbocycles. The molecule has 0 saturated heterocycles. The van der Waals surface area contributed by atoms with Crippen LogP contribution >= 0.6 is 11.6 Å². The predicted molar refractivity (Wildman–Crippen MR) is 440 cm³/mol. The molecule has 0 amide bonds. The highest BCUT2D eigenvalue weighted by molar-refractivity contribution is 7.92. The van der Waals surface area contributed by atoms with Crippen molar-refractivity contribution in [3.8, 4) is 34.5 Å². The Bertz CT molecular complexity index is 7470. The van der Waals surface area contributed by atoms with Crippen LogP contribution in [0.15, 0.2) is 319 Å². The third kappa shape index (κ3) is 18.7. The van der Waals surface area contributed by atoms with Crippen LogP contribution < -0.4 is 56.5 Å². The van der Waals surface area contributed by atoms with Gasteiger partial charge < -0.3 is 50.5 Å². The largest absolute Gasteiger partial charge is 0.497 e. The second-order valence-corrected chi connectivity index (χ2v) is 36.0. The number of halogens is 3. The SMILES string of the molecule is CCOc1cccc2cc(S(=O)(=O)c3ccc(F)c(C)c3)c(=O)oc12.COc1ccc2cc(S(=O)(=O)c3cc(C)cc(C)c3)c(=O)oc2c1.COc1cccc(S(=O)(=O)c2cc3ccc(OC)cc3oc2=O)c1.COc1cccc2cc(S(=O)(=O)c3ccc(F)c(C)c3)c(=O)oc12.COc1cccc2cc(S(=O)(=O)c3cccc(Cl)c3)c(=O)oc12. The van der Waals surface area contributed by atoms with Crippen LogP contribution in [0.1, 0.15) is 29.2 Å². The van der Waals surface area contributed by atoms with E-state index in [9.17, 15) is 74.8 Å². The molecule has 0 aliphatic heterocycles. The zero-order valence-corrected chi connectivity index (χ0v) is 69.7. The Morgan fingerprint density at radius 1 is 0.308 bits per heavy atom. The molecule has 26 nitrogen and oxygen atoms in total. The lowest BCUT2D eigenvalue weighted by Gasteiger charge is -2.08. The van der Waals surface area contributed by atoms with Crippen molar-refractivity contribution in [1.29, 1.82) is 0 Å². The maximum atomic E-state index is 13.4. The van der Waals surface area contributed by atoms with Gasteiger partial charge in [0.05, 0.1) is 66.6 Å². The van der Waals surface area contributed by atoms with Gasteiger partial charge >= 0.3 is 28.1 Å². The van der Waals surface area contributed by atoms with E-state index in [2.05, 4.69) is 0 Å². The van der Waals surface area contributed by atoms with Crippen LogP contribution in [0.25, 0.3) is 54.8 Å². The predicted octanol–water partition coefficient (Wildman–Crippen LogP) is 15.7. The number of para-hydroxylation sites is 3. The summed E-state index contributed by atoms with van der Waals surface area (Å²) >= 11 is 5.83. The second-order valence-electron chi connectivity index (χ2n) is 26.0. The maximum absolute atomic E-state index is 13.4. The van der Waals surface area contributed by atoms with Crippen molar-refractivity contribution in [2.24, 2.45) is 0 Å². The number of benzene rings is 10. The fraction of sp³-hybridized carbons (Fsp3) is 0.128. The summed E-state index contributed by atoms with van der Waals surface area (Å²) in [5.74, 6) is 1.40. The zero-order valence-electron chi connectivity index (χ0n) is 64.9. The molecule has 620 valence electrons. The van der Waals surface area contributed by atoms with E-state index in [1.165, 1.54) is 128 Å². The van der Waals surface area contributed by atoms with Gasteiger partial charge in [0.15, 0.2) is 58.5 Å². The lowest BCUT2D eigenvalue weighted by molar-refractivity contribution is 0.336. The van der Waals surface area contributed by atoms with Crippen molar-refractivity contribution in [3.63, 3.8) is 0 Å². The Kier molecular flexibility index (Phi) is 26.4. The van der Waals surface area contributed by atoms with Crippen LogP contribution in [0.4, 0.5) is 8.78 Å². The van der Waals surface area contributed by atoms with E-state index in [0.717, 1.165) is 35.4 Å². The molecule has 0 aliphatic rings. The van der Waals surface area contributed by atoms with Gasteiger partial charge in [0, 0.05) is 44.1 Å². The first kappa shape index (κ1) is 87.8. The lowest BCUT2D eigenvalue weighted by atomic mass is 10.2. The molecule has 0 N–H and O–H groups in total. The Balaban J connectivity index is 0.000000147. The summed E-state index contributed by atoms with van der Waals surface area (Å²) in [6.45, 7) is 8.67. The molecule has 15 rings (SSSR count). The smallest absolute Gasteiger partial charge is 0.355 e. The van der Waals surface area contributed by atoms with Gasteiger partial charge in [0.25, 0.3) is 0 Å². The molecule has 0 fully saturated rings. The summed E-state index contributed by atoms with van der Waals surface area (Å²) in [4.78, 5) is 58.5. The molecule has 10 aromatic carbocycles. The van der Waals surface area contributed by atoms with E-state index < -0.39 is 109 Å². The topological polar surface area (TPSA) is 377 Å². The normalized spacial score (nSPS) is 11.6. The van der Waals surface area contributed by atoms with Gasteiger partial charge in [-0.05, 0) is 215 Å². The van der Waals surface area contributed by atoms with E-state index in [-0.39, 0.29) is 73.4 Å². The molecule has 0 atom stereocenters. The molecule has 15 aromatic rings. The third-order valence-electron chi connectivity index (χ3n) is 17.9. The third-order valence-corrected chi connectivity index (χ3v) is 26.8. The lowest BCUT2D eigenvalue weighted by Crippen LogP contribution is -2.14. The Morgan fingerprint density at radius 2 is 0.633 bits per heavy atom. The Morgan fingerprint density at radius 3 is 1.00 bits per heavy atom. The summed E-state index contributed by atoms with van der Waals surface area (Å²) in [7, 11) is -13.0. The van der Waals surface area contributed by atoms with Crippen LogP contribution in [0, 0.1) is 39.3 Å². The second kappa shape index (κ2) is 36.0. The monoisotopic (exact) mass is 1750 g/mol. The minimum atomic E-state index is -4.14. The number of sulfone groups is 5. The van der Waals surface area contributed by atoms with Gasteiger partial charge in [-0.1, -0.05) is 66.2 Å². The number of fused-ring (bicyclic) bond motifs is 5. The highest BCUT2D eigenvalue weighted by Gasteiger charge is 2.30. The number of hydrogen-bond donors (Lipinski definition) is 0. The molecule has 34 heteroatoms. The van der Waals surface area contributed by atoms with Gasteiger partial charge in [0.2, 0.25) is 49.2 Å². The van der Waals surface area contributed by atoms with Crippen LogP contribution in [0.3, 0.4) is 0 Å². The Hall–Kier alpha value is -13.1. The number of methoxy groups -OCH3 is 5. The van der Waals surface area contributed by atoms with Crippen LogP contribution in [0.5, 0.6) is 34.5 Å². The summed E-state index contributed by atoms with van der Waals surface area (Å²) in [5.41, 5.74) is -1.75. The number of aryl methyl sites for hydroxylation is 4. The summed E-state index contributed by atoms with van der Waals surface area (Å²) in [6.07, 6.45) is 0. The first-order valence-corrected chi connectivity index (χ1v) is 43.1. The number of hydrogen-bond acceptors (Lipinski definition) is 26. The first-order chi connectivity index (χ1) is 56.9. The highest BCUT2D eigenvalue weighted by atomic mass is 35.5. The zero-order chi connectivity index (χ0) is 87.1. The quantitative estimate of drug-likeness (QED) is 0.0603. The van der Waals surface area contributed by atoms with E-state index in [1.807, 2.05) is 6.07 Å². The van der Waals surface area contributed by atoms with Gasteiger partial charge in [-0.25, -0.2) is 74.8 Å². The van der Waals surface area contributed by atoms with Crippen LogP contribution in [-0.4, -0.2) is 84.2 Å². The first-order valence-electron chi connectivity index (χ1n) is 35.3. The average molecular weight is 1750 g/mol. The minimum Gasteiger partial charge on any atom is -0.497 e. The molecule has 120 heavy (non-hydrogen) atoms. The molecule has 0 unspecified atom stereocenters. The van der Waals surface area contributed by atoms with Gasteiger partial charge in [-0.15, -0.1) is 0 Å². The van der Waals surface area contributed by atoms with Crippen molar-refractivity contribution < 1.29 is 101 Å². The number of ether oxygens (including phenoxy) is 6. The molecular formula is C86H69ClF2O26S5. The summed E-state index contributed by atoms with van der Waals surface area (Å²) in [6, 6.07) is 54.1. The summed E-state index contributed by atoms with van der Waals surface area (Å²) in [5, 5.41) is 2.53. The van der Waals surface area contributed by atoms with Crippen LogP contribution in [-0.2, 0) is 49.2 Å². The van der Waals surface area contributed by atoms with Crippen molar-refractivity contribution in [2.45, 2.75) is 83.6 Å². The van der Waals surface area contributed by atoms with Gasteiger partial charge in [-0.2, -0.15) is 0 Å².